The molecule has 1 aromatic heterocycles. The van der Waals surface area contributed by atoms with Gasteiger partial charge in [-0.1, -0.05) is 30.3 Å². The number of carbonyl (C=O) groups is 2. The summed E-state index contributed by atoms with van der Waals surface area (Å²) in [4.78, 5) is 26.6. The maximum atomic E-state index is 12.1. The Morgan fingerprint density at radius 1 is 1.12 bits per heavy atom. The van der Waals surface area contributed by atoms with Crippen LogP contribution < -0.4 is 15.5 Å². The first-order valence-electron chi connectivity index (χ1n) is 9.08. The number of rotatable bonds is 5. The van der Waals surface area contributed by atoms with E-state index in [2.05, 4.69) is 46.3 Å². The molecule has 2 heterocycles. The first kappa shape index (κ1) is 18.6. The van der Waals surface area contributed by atoms with Gasteiger partial charge in [-0.3, -0.25) is 9.59 Å². The average Bonchev–Trinajstić information content (AvgIpc) is 3.15. The maximum Gasteiger partial charge on any atom is 0.309 e. The maximum absolute atomic E-state index is 12.1. The molecule has 2 aromatic rings. The molecule has 3 N–H and O–H groups in total. The lowest BCUT2D eigenvalue weighted by molar-refractivity contribution is -0.945. The van der Waals surface area contributed by atoms with Gasteiger partial charge < -0.3 is 15.5 Å². The second-order valence-corrected chi connectivity index (χ2v) is 7.99. The number of hydrogen-bond acceptors (Lipinski definition) is 3. The number of thiophene rings is 1. The molecule has 0 fully saturated rings. The first-order valence-corrected chi connectivity index (χ1v) is 9.96. The van der Waals surface area contributed by atoms with Crippen molar-refractivity contribution in [3.05, 3.63) is 57.8 Å². The molecule has 0 bridgehead atoms. The molecule has 2 atom stereocenters. The topological polar surface area (TPSA) is 62.6 Å². The fraction of sp³-hybridized carbons (Fsp3) is 0.400. The second-order valence-electron chi connectivity index (χ2n) is 7.01. The Morgan fingerprint density at radius 3 is 2.58 bits per heavy atom. The Bertz CT molecular complexity index is 758. The van der Waals surface area contributed by atoms with Crippen LogP contribution in [0.1, 0.15) is 35.9 Å². The highest BCUT2D eigenvalue weighted by molar-refractivity contribution is 7.10. The largest absolute Gasteiger partial charge is 0.346 e. The van der Waals surface area contributed by atoms with E-state index in [9.17, 15) is 9.59 Å². The van der Waals surface area contributed by atoms with Gasteiger partial charge in [0.2, 0.25) is 0 Å². The van der Waals surface area contributed by atoms with E-state index in [4.69, 9.17) is 0 Å². The van der Waals surface area contributed by atoms with Crippen molar-refractivity contribution < 1.29 is 14.5 Å². The Balaban J connectivity index is 1.69. The van der Waals surface area contributed by atoms with Crippen LogP contribution in [-0.4, -0.2) is 30.9 Å². The number of amides is 2. The summed E-state index contributed by atoms with van der Waals surface area (Å²) in [6.07, 6.45) is 1.04. The van der Waals surface area contributed by atoms with Crippen molar-refractivity contribution >= 4 is 23.2 Å². The molecule has 0 radical (unpaired) electrons. The molecular formula is C20H26N3O2S+. The standard InChI is InChI=1S/C20H25N3O2S/c1-14(2)22-20(25)19(24)21-12-17(18-8-5-11-26-18)23-10-9-15-6-3-4-7-16(15)13-23/h3-8,11,14,17H,9-10,12-13H2,1-2H3,(H,21,24)(H,22,25)/p+1/t17-/m1/s1. The fourth-order valence-corrected chi connectivity index (χ4v) is 4.32. The molecule has 26 heavy (non-hydrogen) atoms. The molecule has 3 rings (SSSR count). The monoisotopic (exact) mass is 372 g/mol. The lowest BCUT2D eigenvalue weighted by atomic mass is 9.98. The molecular weight excluding hydrogens is 346 g/mol. The molecule has 5 nitrogen and oxygen atoms in total. The quantitative estimate of drug-likeness (QED) is 0.688. The number of carbonyl (C=O) groups excluding carboxylic acids is 2. The summed E-state index contributed by atoms with van der Waals surface area (Å²) in [5, 5.41) is 7.53. The summed E-state index contributed by atoms with van der Waals surface area (Å²) >= 11 is 1.70. The van der Waals surface area contributed by atoms with E-state index >= 15 is 0 Å². The van der Waals surface area contributed by atoms with Crippen molar-refractivity contribution in [3.8, 4) is 0 Å². The number of fused-ring (bicyclic) bond motifs is 1. The van der Waals surface area contributed by atoms with Crippen molar-refractivity contribution in [1.82, 2.24) is 10.6 Å². The van der Waals surface area contributed by atoms with Gasteiger partial charge in [-0.15, -0.1) is 11.3 Å². The van der Waals surface area contributed by atoms with E-state index in [1.807, 2.05) is 19.9 Å². The van der Waals surface area contributed by atoms with Gasteiger partial charge in [-0.2, -0.15) is 0 Å². The van der Waals surface area contributed by atoms with Crippen LogP contribution in [0, 0.1) is 0 Å². The van der Waals surface area contributed by atoms with Crippen LogP contribution in [0.4, 0.5) is 0 Å². The van der Waals surface area contributed by atoms with Crippen molar-refractivity contribution in [2.75, 3.05) is 13.1 Å². The summed E-state index contributed by atoms with van der Waals surface area (Å²) in [6.45, 7) is 6.10. The molecule has 1 aliphatic rings. The highest BCUT2D eigenvalue weighted by Gasteiger charge is 2.30. The summed E-state index contributed by atoms with van der Waals surface area (Å²) in [7, 11) is 0. The van der Waals surface area contributed by atoms with Gasteiger partial charge in [0.05, 0.1) is 18.0 Å². The average molecular weight is 373 g/mol. The summed E-state index contributed by atoms with van der Waals surface area (Å²) in [5.41, 5.74) is 2.79. The molecule has 0 spiro atoms. The highest BCUT2D eigenvalue weighted by atomic mass is 32.1. The lowest BCUT2D eigenvalue weighted by Crippen LogP contribution is -3.12. The van der Waals surface area contributed by atoms with E-state index < -0.39 is 11.8 Å². The van der Waals surface area contributed by atoms with Gasteiger partial charge in [0.1, 0.15) is 12.6 Å². The third-order valence-electron chi connectivity index (χ3n) is 4.72. The van der Waals surface area contributed by atoms with Gasteiger partial charge in [0.25, 0.3) is 0 Å². The third-order valence-corrected chi connectivity index (χ3v) is 5.71. The fourth-order valence-electron chi connectivity index (χ4n) is 3.44. The highest BCUT2D eigenvalue weighted by Crippen LogP contribution is 2.18. The normalized spacial score (nSPS) is 17.4. The minimum absolute atomic E-state index is 0.0504. The van der Waals surface area contributed by atoms with E-state index in [0.717, 1.165) is 19.5 Å². The zero-order chi connectivity index (χ0) is 18.5. The van der Waals surface area contributed by atoms with Crippen LogP contribution in [-0.2, 0) is 22.6 Å². The van der Waals surface area contributed by atoms with Crippen molar-refractivity contribution in [3.63, 3.8) is 0 Å². The second kappa shape index (κ2) is 8.47. The van der Waals surface area contributed by atoms with Gasteiger partial charge >= 0.3 is 11.8 Å². The number of hydrogen-bond donors (Lipinski definition) is 3. The van der Waals surface area contributed by atoms with E-state index in [-0.39, 0.29) is 12.1 Å². The van der Waals surface area contributed by atoms with Crippen LogP contribution in [0.25, 0.3) is 0 Å². The van der Waals surface area contributed by atoms with Crippen molar-refractivity contribution in [2.24, 2.45) is 0 Å². The Hall–Kier alpha value is -2.18. The predicted molar refractivity (Wildman–Crippen MR) is 103 cm³/mol. The van der Waals surface area contributed by atoms with Crippen LogP contribution in [0.2, 0.25) is 0 Å². The molecule has 0 saturated heterocycles. The van der Waals surface area contributed by atoms with E-state index in [0.29, 0.717) is 6.54 Å². The molecule has 0 aliphatic carbocycles. The minimum atomic E-state index is -0.566. The van der Waals surface area contributed by atoms with Crippen molar-refractivity contribution in [1.29, 1.82) is 0 Å². The minimum Gasteiger partial charge on any atom is -0.346 e. The van der Waals surface area contributed by atoms with Crippen LogP contribution in [0.5, 0.6) is 0 Å². The molecule has 138 valence electrons. The molecule has 1 unspecified atom stereocenters. The smallest absolute Gasteiger partial charge is 0.309 e. The third kappa shape index (κ3) is 4.51. The van der Waals surface area contributed by atoms with Gasteiger partial charge in [-0.05, 0) is 30.9 Å². The number of benzene rings is 1. The first-order chi connectivity index (χ1) is 12.5. The van der Waals surface area contributed by atoms with Gasteiger partial charge in [0, 0.05) is 18.0 Å². The zero-order valence-electron chi connectivity index (χ0n) is 15.2. The lowest BCUT2D eigenvalue weighted by Gasteiger charge is -2.32. The van der Waals surface area contributed by atoms with E-state index in [1.165, 1.54) is 20.9 Å². The van der Waals surface area contributed by atoms with Crippen LogP contribution in [0.3, 0.4) is 0 Å². The van der Waals surface area contributed by atoms with Gasteiger partial charge in [-0.25, -0.2) is 0 Å². The molecule has 6 heteroatoms. The molecule has 2 amide bonds. The Labute approximate surface area is 158 Å². The Kier molecular flexibility index (Phi) is 6.06. The predicted octanol–water partition coefficient (Wildman–Crippen LogP) is 1.07. The summed E-state index contributed by atoms with van der Waals surface area (Å²) in [5.74, 6) is -1.12. The summed E-state index contributed by atoms with van der Waals surface area (Å²) < 4.78 is 0. The van der Waals surface area contributed by atoms with Crippen LogP contribution in [0.15, 0.2) is 41.8 Å². The SMILES string of the molecule is CC(C)NC(=O)C(=O)NC[C@H](c1cccs1)[NH+]1CCc2ccccc2C1. The van der Waals surface area contributed by atoms with Crippen molar-refractivity contribution in [2.45, 2.75) is 38.9 Å². The van der Waals surface area contributed by atoms with Gasteiger partial charge in [0.15, 0.2) is 0 Å². The Morgan fingerprint density at radius 2 is 1.88 bits per heavy atom. The summed E-state index contributed by atoms with van der Waals surface area (Å²) in [6, 6.07) is 12.8. The molecule has 1 aliphatic heterocycles. The molecule has 1 aromatic carbocycles. The van der Waals surface area contributed by atoms with Crippen LogP contribution >= 0.6 is 11.3 Å². The number of quaternary nitrogens is 1. The zero-order valence-corrected chi connectivity index (χ0v) is 16.1. The number of nitrogens with one attached hydrogen (secondary N) is 3. The van der Waals surface area contributed by atoms with E-state index in [1.54, 1.807) is 11.3 Å². The molecule has 0 saturated carbocycles.